The minimum absolute atomic E-state index is 0.289. The number of amides is 1. The summed E-state index contributed by atoms with van der Waals surface area (Å²) in [6.07, 6.45) is 5.00. The molecule has 1 heterocycles. The lowest BCUT2D eigenvalue weighted by atomic mass is 9.99. The van der Waals surface area contributed by atoms with Gasteiger partial charge in [-0.1, -0.05) is 6.92 Å². The molecule has 0 N–H and O–H groups in total. The molecule has 1 saturated heterocycles. The summed E-state index contributed by atoms with van der Waals surface area (Å²) in [5.41, 5.74) is 0. The smallest absolute Gasteiger partial charge is 0.225 e. The van der Waals surface area contributed by atoms with E-state index >= 15 is 0 Å². The number of nitrogens with zero attached hydrogens (tertiary/aromatic N) is 1. The number of likely N-dealkylation sites (tertiary alicyclic amines) is 1. The summed E-state index contributed by atoms with van der Waals surface area (Å²) in [5.74, 6) is 1.53. The highest BCUT2D eigenvalue weighted by Gasteiger charge is 2.30. The van der Waals surface area contributed by atoms with Gasteiger partial charge >= 0.3 is 0 Å². The van der Waals surface area contributed by atoms with E-state index in [2.05, 4.69) is 11.8 Å². The zero-order valence-electron chi connectivity index (χ0n) is 7.75. The molecule has 2 nitrogen and oxygen atoms in total. The topological polar surface area (TPSA) is 20.3 Å². The Kier molecular flexibility index (Phi) is 2.07. The van der Waals surface area contributed by atoms with Crippen LogP contribution in [0, 0.1) is 11.8 Å². The van der Waals surface area contributed by atoms with Crippen molar-refractivity contribution in [2.75, 3.05) is 13.1 Å². The first kappa shape index (κ1) is 8.09. The SMILES string of the molecule is C[C@@H]1CCCN(CC2CC2)C1=O. The van der Waals surface area contributed by atoms with Crippen LogP contribution in [-0.4, -0.2) is 23.9 Å². The Morgan fingerprint density at radius 1 is 1.42 bits per heavy atom. The molecule has 12 heavy (non-hydrogen) atoms. The molecule has 1 atom stereocenters. The molecule has 0 spiro atoms. The summed E-state index contributed by atoms with van der Waals surface area (Å²) in [7, 11) is 0. The molecule has 0 unspecified atom stereocenters. The van der Waals surface area contributed by atoms with Crippen LogP contribution in [0.3, 0.4) is 0 Å². The van der Waals surface area contributed by atoms with Gasteiger partial charge in [-0.3, -0.25) is 4.79 Å². The van der Waals surface area contributed by atoms with E-state index in [4.69, 9.17) is 0 Å². The molecule has 2 fully saturated rings. The molecule has 2 heteroatoms. The highest BCUT2D eigenvalue weighted by Crippen LogP contribution is 2.31. The number of piperidine rings is 1. The Hall–Kier alpha value is -0.530. The van der Waals surface area contributed by atoms with Gasteiger partial charge in [-0.2, -0.15) is 0 Å². The summed E-state index contributed by atoms with van der Waals surface area (Å²) < 4.78 is 0. The predicted octanol–water partition coefficient (Wildman–Crippen LogP) is 1.65. The summed E-state index contributed by atoms with van der Waals surface area (Å²) in [5, 5.41) is 0. The minimum atomic E-state index is 0.289. The first-order chi connectivity index (χ1) is 5.77. The van der Waals surface area contributed by atoms with Crippen LogP contribution in [0.25, 0.3) is 0 Å². The molecule has 1 aliphatic heterocycles. The molecule has 0 aromatic carbocycles. The number of carbonyl (C=O) groups excluding carboxylic acids is 1. The Labute approximate surface area is 73.9 Å². The van der Waals surface area contributed by atoms with Crippen molar-refractivity contribution in [2.45, 2.75) is 32.6 Å². The molecule has 1 saturated carbocycles. The van der Waals surface area contributed by atoms with E-state index in [0.717, 1.165) is 25.4 Å². The monoisotopic (exact) mass is 167 g/mol. The summed E-state index contributed by atoms with van der Waals surface area (Å²) in [6, 6.07) is 0. The third-order valence-electron chi connectivity index (χ3n) is 2.97. The fourth-order valence-electron chi connectivity index (χ4n) is 1.93. The lowest BCUT2D eigenvalue weighted by molar-refractivity contribution is -0.137. The molecule has 0 radical (unpaired) electrons. The van der Waals surface area contributed by atoms with Crippen LogP contribution in [0.4, 0.5) is 0 Å². The lowest BCUT2D eigenvalue weighted by Crippen LogP contribution is -2.41. The average Bonchev–Trinajstić information content (AvgIpc) is 2.83. The summed E-state index contributed by atoms with van der Waals surface area (Å²) >= 11 is 0. The first-order valence-electron chi connectivity index (χ1n) is 5.06. The molecule has 68 valence electrons. The number of hydrogen-bond donors (Lipinski definition) is 0. The third kappa shape index (κ3) is 1.62. The van der Waals surface area contributed by atoms with E-state index in [1.807, 2.05) is 0 Å². The van der Waals surface area contributed by atoms with Crippen molar-refractivity contribution in [3.05, 3.63) is 0 Å². The maximum Gasteiger partial charge on any atom is 0.225 e. The molecule has 1 amide bonds. The van der Waals surface area contributed by atoms with Gasteiger partial charge in [0.05, 0.1) is 0 Å². The Bertz CT molecular complexity index is 186. The van der Waals surface area contributed by atoms with E-state index in [-0.39, 0.29) is 5.92 Å². The number of carbonyl (C=O) groups is 1. The standard InChI is InChI=1S/C10H17NO/c1-8-3-2-6-11(10(8)12)7-9-4-5-9/h8-9H,2-7H2,1H3/t8-/m1/s1. The molecule has 1 aliphatic carbocycles. The first-order valence-corrected chi connectivity index (χ1v) is 5.06. The van der Waals surface area contributed by atoms with Crippen LogP contribution < -0.4 is 0 Å². The molecule has 0 aromatic heterocycles. The van der Waals surface area contributed by atoms with Crippen molar-refractivity contribution in [1.82, 2.24) is 4.90 Å². The third-order valence-corrected chi connectivity index (χ3v) is 2.97. The van der Waals surface area contributed by atoms with Gasteiger partial charge in [-0.25, -0.2) is 0 Å². The zero-order chi connectivity index (χ0) is 8.55. The quantitative estimate of drug-likeness (QED) is 0.612. The molecule has 2 aliphatic rings. The fraction of sp³-hybridized carbons (Fsp3) is 0.900. The molecule has 0 aromatic rings. The highest BCUT2D eigenvalue weighted by molar-refractivity contribution is 5.79. The minimum Gasteiger partial charge on any atom is -0.342 e. The second kappa shape index (κ2) is 3.08. The van der Waals surface area contributed by atoms with Crippen LogP contribution in [0.5, 0.6) is 0 Å². The van der Waals surface area contributed by atoms with Gasteiger partial charge in [0.25, 0.3) is 0 Å². The van der Waals surface area contributed by atoms with Crippen molar-refractivity contribution in [2.24, 2.45) is 11.8 Å². The van der Waals surface area contributed by atoms with Gasteiger partial charge in [0.1, 0.15) is 0 Å². The van der Waals surface area contributed by atoms with Crippen molar-refractivity contribution >= 4 is 5.91 Å². The van der Waals surface area contributed by atoms with Crippen LogP contribution >= 0.6 is 0 Å². The summed E-state index contributed by atoms with van der Waals surface area (Å²) in [4.78, 5) is 13.7. The Morgan fingerprint density at radius 2 is 2.17 bits per heavy atom. The largest absolute Gasteiger partial charge is 0.342 e. The van der Waals surface area contributed by atoms with Crippen LogP contribution in [0.1, 0.15) is 32.6 Å². The van der Waals surface area contributed by atoms with E-state index in [0.29, 0.717) is 5.91 Å². The molecular formula is C10H17NO. The van der Waals surface area contributed by atoms with Crippen molar-refractivity contribution < 1.29 is 4.79 Å². The van der Waals surface area contributed by atoms with Gasteiger partial charge in [0.15, 0.2) is 0 Å². The molecule has 2 rings (SSSR count). The van der Waals surface area contributed by atoms with Crippen LogP contribution in [-0.2, 0) is 4.79 Å². The van der Waals surface area contributed by atoms with Crippen LogP contribution in [0.2, 0.25) is 0 Å². The van der Waals surface area contributed by atoms with Gasteiger partial charge in [0, 0.05) is 19.0 Å². The van der Waals surface area contributed by atoms with E-state index in [9.17, 15) is 4.79 Å². The Balaban J connectivity index is 1.89. The van der Waals surface area contributed by atoms with Crippen LogP contribution in [0.15, 0.2) is 0 Å². The molecule has 0 bridgehead atoms. The van der Waals surface area contributed by atoms with E-state index in [1.54, 1.807) is 0 Å². The second-order valence-electron chi connectivity index (χ2n) is 4.27. The number of hydrogen-bond acceptors (Lipinski definition) is 1. The Morgan fingerprint density at radius 3 is 2.83 bits per heavy atom. The van der Waals surface area contributed by atoms with Gasteiger partial charge < -0.3 is 4.90 Å². The van der Waals surface area contributed by atoms with Crippen molar-refractivity contribution in [3.8, 4) is 0 Å². The average molecular weight is 167 g/mol. The van der Waals surface area contributed by atoms with E-state index in [1.165, 1.54) is 19.3 Å². The lowest BCUT2D eigenvalue weighted by Gasteiger charge is -2.30. The fourth-order valence-corrected chi connectivity index (χ4v) is 1.93. The van der Waals surface area contributed by atoms with Crippen molar-refractivity contribution in [1.29, 1.82) is 0 Å². The van der Waals surface area contributed by atoms with Gasteiger partial charge in [-0.15, -0.1) is 0 Å². The van der Waals surface area contributed by atoms with Gasteiger partial charge in [0.2, 0.25) is 5.91 Å². The van der Waals surface area contributed by atoms with Gasteiger partial charge in [-0.05, 0) is 31.6 Å². The van der Waals surface area contributed by atoms with E-state index < -0.39 is 0 Å². The maximum absolute atomic E-state index is 11.6. The summed E-state index contributed by atoms with van der Waals surface area (Å²) in [6.45, 7) is 4.12. The highest BCUT2D eigenvalue weighted by atomic mass is 16.2. The number of rotatable bonds is 2. The normalized spacial score (nSPS) is 30.9. The second-order valence-corrected chi connectivity index (χ2v) is 4.27. The predicted molar refractivity (Wildman–Crippen MR) is 47.7 cm³/mol. The van der Waals surface area contributed by atoms with Crippen molar-refractivity contribution in [3.63, 3.8) is 0 Å². The maximum atomic E-state index is 11.6. The molecular weight excluding hydrogens is 150 g/mol. The zero-order valence-corrected chi connectivity index (χ0v) is 7.75.